The Morgan fingerprint density at radius 3 is 2.41 bits per heavy atom. The lowest BCUT2D eigenvalue weighted by Gasteiger charge is -2.26. The molecule has 3 heterocycles. The normalized spacial score (nSPS) is 18.1. The van der Waals surface area contributed by atoms with Crippen LogP contribution >= 0.6 is 24.0 Å². The molecule has 6 heteroatoms. The summed E-state index contributed by atoms with van der Waals surface area (Å²) in [5.41, 5.74) is 4.38. The third-order valence-corrected chi connectivity index (χ3v) is 6.68. The summed E-state index contributed by atoms with van der Waals surface area (Å²) in [5, 5.41) is 5.01. The van der Waals surface area contributed by atoms with Gasteiger partial charge in [-0.15, -0.1) is 0 Å². The Bertz CT molecular complexity index is 1220. The van der Waals surface area contributed by atoms with Crippen molar-refractivity contribution in [2.24, 2.45) is 0 Å². The number of nitrogens with one attached hydrogen (secondary N) is 1. The Hall–Kier alpha value is -3.09. The number of aromatic nitrogens is 1. The first-order valence-electron chi connectivity index (χ1n) is 10.5. The Labute approximate surface area is 197 Å². The average Bonchev–Trinajstić information content (AvgIpc) is 3.38. The smallest absolute Gasteiger partial charge is 0.174 e. The fraction of sp³-hybridized carbons (Fsp3) is 0.154. The van der Waals surface area contributed by atoms with E-state index in [0.29, 0.717) is 5.11 Å². The molecule has 0 spiro atoms. The first-order chi connectivity index (χ1) is 15.6. The van der Waals surface area contributed by atoms with Crippen molar-refractivity contribution in [2.45, 2.75) is 35.9 Å². The van der Waals surface area contributed by atoms with Gasteiger partial charge in [-0.3, -0.25) is 4.98 Å². The molecule has 2 aromatic heterocycles. The van der Waals surface area contributed by atoms with E-state index < -0.39 is 0 Å². The van der Waals surface area contributed by atoms with Crippen LogP contribution in [0.3, 0.4) is 0 Å². The number of furan rings is 1. The minimum absolute atomic E-state index is 0.120. The molecule has 2 unspecified atom stereocenters. The highest BCUT2D eigenvalue weighted by Crippen LogP contribution is 2.43. The monoisotopic (exact) mass is 457 g/mol. The summed E-state index contributed by atoms with van der Waals surface area (Å²) >= 11 is 7.43. The summed E-state index contributed by atoms with van der Waals surface area (Å²) in [6, 6.07) is 26.5. The van der Waals surface area contributed by atoms with E-state index in [0.717, 1.165) is 27.1 Å². The quantitative estimate of drug-likeness (QED) is 0.340. The molecule has 32 heavy (non-hydrogen) atoms. The van der Waals surface area contributed by atoms with Gasteiger partial charge >= 0.3 is 0 Å². The van der Waals surface area contributed by atoms with Gasteiger partial charge in [-0.2, -0.15) is 0 Å². The Balaban J connectivity index is 1.56. The third kappa shape index (κ3) is 4.16. The number of hydrogen-bond donors (Lipinski definition) is 1. The first kappa shape index (κ1) is 20.8. The van der Waals surface area contributed by atoms with Crippen molar-refractivity contribution < 1.29 is 4.42 Å². The molecule has 0 amide bonds. The van der Waals surface area contributed by atoms with Gasteiger partial charge in [0.2, 0.25) is 0 Å². The van der Waals surface area contributed by atoms with Crippen LogP contribution in [0.2, 0.25) is 0 Å². The van der Waals surface area contributed by atoms with E-state index in [9.17, 15) is 0 Å². The van der Waals surface area contributed by atoms with Gasteiger partial charge in [0.05, 0.1) is 11.7 Å². The Kier molecular flexibility index (Phi) is 5.72. The number of anilines is 1. The van der Waals surface area contributed by atoms with Gasteiger partial charge in [0.25, 0.3) is 0 Å². The van der Waals surface area contributed by atoms with E-state index in [4.69, 9.17) is 16.6 Å². The van der Waals surface area contributed by atoms with Crippen LogP contribution in [-0.4, -0.2) is 10.1 Å². The van der Waals surface area contributed by atoms with E-state index in [2.05, 4.69) is 65.4 Å². The molecule has 0 radical (unpaired) electrons. The van der Waals surface area contributed by atoms with Gasteiger partial charge in [0, 0.05) is 16.8 Å². The van der Waals surface area contributed by atoms with Gasteiger partial charge in [0.1, 0.15) is 11.8 Å². The summed E-state index contributed by atoms with van der Waals surface area (Å²) in [4.78, 5) is 7.91. The van der Waals surface area contributed by atoms with Crippen molar-refractivity contribution in [3.8, 4) is 0 Å². The fourth-order valence-corrected chi connectivity index (χ4v) is 5.31. The van der Waals surface area contributed by atoms with Crippen molar-refractivity contribution in [3.63, 3.8) is 0 Å². The number of nitrogens with zero attached hydrogens (tertiary/aromatic N) is 2. The third-order valence-electron chi connectivity index (χ3n) is 5.44. The Morgan fingerprint density at radius 2 is 1.69 bits per heavy atom. The number of aryl methyl sites for hydroxylation is 2. The topological polar surface area (TPSA) is 41.3 Å². The summed E-state index contributed by atoms with van der Waals surface area (Å²) in [5.74, 6) is 0.852. The molecule has 0 aliphatic carbocycles. The van der Waals surface area contributed by atoms with Crippen LogP contribution in [0.5, 0.6) is 0 Å². The van der Waals surface area contributed by atoms with E-state index >= 15 is 0 Å². The predicted molar refractivity (Wildman–Crippen MR) is 133 cm³/mol. The molecule has 4 aromatic rings. The van der Waals surface area contributed by atoms with Crippen LogP contribution in [0.15, 0.2) is 99.5 Å². The van der Waals surface area contributed by atoms with E-state index in [1.807, 2.05) is 48.7 Å². The van der Waals surface area contributed by atoms with Crippen LogP contribution in [0.25, 0.3) is 0 Å². The summed E-state index contributed by atoms with van der Waals surface area (Å²) in [7, 11) is 0. The maximum absolute atomic E-state index is 6.38. The second-order valence-corrected chi connectivity index (χ2v) is 9.38. The molecule has 0 saturated carbocycles. The minimum atomic E-state index is -0.149. The molecule has 1 N–H and O–H groups in total. The number of benzene rings is 2. The van der Waals surface area contributed by atoms with Crippen molar-refractivity contribution in [1.82, 2.24) is 10.3 Å². The predicted octanol–water partition coefficient (Wildman–Crippen LogP) is 6.62. The van der Waals surface area contributed by atoms with Crippen LogP contribution in [0.4, 0.5) is 5.69 Å². The zero-order chi connectivity index (χ0) is 22.1. The molecule has 1 aliphatic heterocycles. The van der Waals surface area contributed by atoms with Gasteiger partial charge < -0.3 is 14.6 Å². The standard InChI is InChI=1S/C26H23N3OS2/c1-17-14-18(2)16-19(15-17)29-25(24(28-26(29)31)21-10-6-7-13-27-21)22-11-12-23(30-22)32-20-8-4-3-5-9-20/h3-16,24-25H,1-2H3,(H,28,31). The SMILES string of the molecule is Cc1cc(C)cc(N2C(=S)NC(c3ccccn3)C2c2ccc(Sc3ccccc3)o2)c1. The highest BCUT2D eigenvalue weighted by Gasteiger charge is 2.42. The van der Waals surface area contributed by atoms with Gasteiger partial charge in [-0.1, -0.05) is 42.1 Å². The largest absolute Gasteiger partial charge is 0.452 e. The van der Waals surface area contributed by atoms with E-state index in [1.165, 1.54) is 11.1 Å². The van der Waals surface area contributed by atoms with Crippen LogP contribution in [-0.2, 0) is 0 Å². The number of thiocarbonyl (C=S) groups is 1. The molecule has 160 valence electrons. The maximum atomic E-state index is 6.38. The highest BCUT2D eigenvalue weighted by molar-refractivity contribution is 7.99. The minimum Gasteiger partial charge on any atom is -0.452 e. The molecule has 2 aromatic carbocycles. The summed E-state index contributed by atoms with van der Waals surface area (Å²) < 4.78 is 6.38. The van der Waals surface area contributed by atoms with Crippen LogP contribution in [0.1, 0.15) is 34.7 Å². The summed E-state index contributed by atoms with van der Waals surface area (Å²) in [6.07, 6.45) is 1.81. The van der Waals surface area contributed by atoms with Crippen molar-refractivity contribution >= 4 is 34.8 Å². The molecule has 0 bridgehead atoms. The maximum Gasteiger partial charge on any atom is 0.174 e. The van der Waals surface area contributed by atoms with Gasteiger partial charge in [-0.05, 0) is 85.7 Å². The van der Waals surface area contributed by atoms with E-state index in [-0.39, 0.29) is 12.1 Å². The molecule has 1 saturated heterocycles. The molecule has 5 rings (SSSR count). The van der Waals surface area contributed by atoms with Crippen molar-refractivity contribution in [3.05, 3.63) is 108 Å². The average molecular weight is 458 g/mol. The number of pyridine rings is 1. The zero-order valence-electron chi connectivity index (χ0n) is 17.9. The molecule has 4 nitrogen and oxygen atoms in total. The number of rotatable bonds is 5. The second-order valence-electron chi connectivity index (χ2n) is 7.91. The van der Waals surface area contributed by atoms with Crippen molar-refractivity contribution in [2.75, 3.05) is 4.90 Å². The van der Waals surface area contributed by atoms with Gasteiger partial charge in [0.15, 0.2) is 10.2 Å². The lowest BCUT2D eigenvalue weighted by atomic mass is 10.0. The molecule has 1 fully saturated rings. The summed E-state index contributed by atoms with van der Waals surface area (Å²) in [6.45, 7) is 4.21. The van der Waals surface area contributed by atoms with Gasteiger partial charge in [-0.25, -0.2) is 0 Å². The molecular formula is C26H23N3OS2. The van der Waals surface area contributed by atoms with E-state index in [1.54, 1.807) is 11.8 Å². The second kappa shape index (κ2) is 8.81. The highest BCUT2D eigenvalue weighted by atomic mass is 32.2. The Morgan fingerprint density at radius 1 is 0.938 bits per heavy atom. The molecule has 2 atom stereocenters. The molecular weight excluding hydrogens is 434 g/mol. The van der Waals surface area contributed by atoms with Crippen LogP contribution in [0, 0.1) is 13.8 Å². The number of hydrogen-bond acceptors (Lipinski definition) is 4. The van der Waals surface area contributed by atoms with Crippen molar-refractivity contribution in [1.29, 1.82) is 0 Å². The van der Waals surface area contributed by atoms with Crippen LogP contribution < -0.4 is 10.2 Å². The zero-order valence-corrected chi connectivity index (χ0v) is 19.5. The molecule has 1 aliphatic rings. The lowest BCUT2D eigenvalue weighted by molar-refractivity contribution is 0.383. The fourth-order valence-electron chi connectivity index (χ4n) is 4.16. The first-order valence-corrected chi connectivity index (χ1v) is 11.7. The lowest BCUT2D eigenvalue weighted by Crippen LogP contribution is -2.29.